The third-order valence-electron chi connectivity index (χ3n) is 16.5. The lowest BCUT2D eigenvalue weighted by molar-refractivity contribution is -0.139. The van der Waals surface area contributed by atoms with E-state index < -0.39 is 35.2 Å². The van der Waals surface area contributed by atoms with Crippen LogP contribution in [-0.4, -0.2) is 116 Å². The highest BCUT2D eigenvalue weighted by Crippen LogP contribution is 2.70. The molecule has 15 nitrogen and oxygen atoms in total. The van der Waals surface area contributed by atoms with Crippen molar-refractivity contribution in [3.8, 4) is 5.75 Å². The number of rotatable bonds is 21. The quantitative estimate of drug-likeness (QED) is 0.0412. The van der Waals surface area contributed by atoms with Crippen LogP contribution in [0.1, 0.15) is 145 Å². The maximum Gasteiger partial charge on any atom is 0.276 e. The summed E-state index contributed by atoms with van der Waals surface area (Å²) in [4.78, 5) is 63.6. The number of aromatic nitrogens is 5. The molecular weight excluding hydrogens is 951 g/mol. The van der Waals surface area contributed by atoms with Gasteiger partial charge in [-0.15, -0.1) is 11.3 Å². The van der Waals surface area contributed by atoms with Gasteiger partial charge in [-0.1, -0.05) is 81.5 Å². The Morgan fingerprint density at radius 2 is 1.75 bits per heavy atom. The average molecular weight is 1020 g/mol. The van der Waals surface area contributed by atoms with Crippen LogP contribution < -0.4 is 20.7 Å². The first-order valence-corrected chi connectivity index (χ1v) is 27.3. The van der Waals surface area contributed by atoms with Crippen LogP contribution in [0.4, 0.5) is 14.5 Å². The van der Waals surface area contributed by atoms with E-state index in [1.165, 1.54) is 11.3 Å². The van der Waals surface area contributed by atoms with Crippen LogP contribution >= 0.6 is 11.3 Å². The summed E-state index contributed by atoms with van der Waals surface area (Å²) in [5.74, 6) is -3.29. The molecule has 73 heavy (non-hydrogen) atoms. The lowest BCUT2D eigenvalue weighted by atomic mass is 9.83. The summed E-state index contributed by atoms with van der Waals surface area (Å²) in [6.07, 6.45) is 14.5. The number of likely N-dealkylation sites (tertiary alicyclic amines) is 2. The molecule has 2 aliphatic heterocycles. The molecule has 5 heterocycles. The first-order valence-electron chi connectivity index (χ1n) is 26.4. The van der Waals surface area contributed by atoms with Gasteiger partial charge in [-0.3, -0.25) is 29.0 Å². The molecule has 5 aromatic rings. The second-order valence-electron chi connectivity index (χ2n) is 21.3. The van der Waals surface area contributed by atoms with Crippen LogP contribution in [0, 0.1) is 23.2 Å². The van der Waals surface area contributed by atoms with Crippen molar-refractivity contribution in [1.29, 1.82) is 0 Å². The van der Waals surface area contributed by atoms with Gasteiger partial charge in [-0.05, 0) is 89.1 Å². The molecule has 6 atom stereocenters. The Kier molecular flexibility index (Phi) is 15.0. The maximum absolute atomic E-state index is 14.5. The molecule has 0 bridgehead atoms. The molecule has 18 heteroatoms. The van der Waals surface area contributed by atoms with E-state index in [1.807, 2.05) is 46.1 Å². The third kappa shape index (κ3) is 10.5. The fourth-order valence-corrected chi connectivity index (χ4v) is 12.9. The number of ether oxygens (including phenoxy) is 1. The van der Waals surface area contributed by atoms with Gasteiger partial charge in [0.05, 0.1) is 36.6 Å². The molecule has 3 unspecified atom stereocenters. The van der Waals surface area contributed by atoms with Gasteiger partial charge < -0.3 is 30.5 Å². The lowest BCUT2D eigenvalue weighted by Gasteiger charge is -2.43. The predicted octanol–water partition coefficient (Wildman–Crippen LogP) is 8.41. The number of hydrogen-bond donors (Lipinski definition) is 4. The van der Waals surface area contributed by atoms with E-state index in [-0.39, 0.29) is 54.1 Å². The molecular formula is C55H68F2N10O5S. The minimum Gasteiger partial charge on any atom is -0.494 e. The first kappa shape index (κ1) is 50.7. The minimum absolute atomic E-state index is 0.0279. The molecule has 388 valence electrons. The van der Waals surface area contributed by atoms with Gasteiger partial charge in [0.1, 0.15) is 22.5 Å². The number of thiazole rings is 1. The monoisotopic (exact) mass is 1020 g/mol. The molecule has 3 aromatic heterocycles. The van der Waals surface area contributed by atoms with Crippen LogP contribution in [0.5, 0.6) is 5.75 Å². The fraction of sp³-hybridized carbons (Fsp3) is 0.545. The Morgan fingerprint density at radius 1 is 0.959 bits per heavy atom. The number of anilines is 1. The molecule has 2 aromatic carbocycles. The molecule has 4 N–H and O–H groups in total. The number of alkyl halides is 2. The summed E-state index contributed by atoms with van der Waals surface area (Å²) in [6, 6.07) is 16.3. The number of halogens is 2. The summed E-state index contributed by atoms with van der Waals surface area (Å²) in [6.45, 7) is 7.37. The minimum atomic E-state index is -2.74. The Hall–Kier alpha value is -5.85. The number of fused-ring (bicyclic) bond motifs is 2. The maximum atomic E-state index is 14.5. The van der Waals surface area contributed by atoms with Crippen LogP contribution in [0.3, 0.4) is 0 Å². The highest BCUT2D eigenvalue weighted by molar-refractivity contribution is 7.10. The van der Waals surface area contributed by atoms with Gasteiger partial charge in [0, 0.05) is 71.7 Å². The topological polar surface area (TPSA) is 179 Å². The van der Waals surface area contributed by atoms with E-state index in [4.69, 9.17) is 14.8 Å². The number of carbonyl (C=O) groups excluding carboxylic acids is 4. The number of benzene rings is 2. The number of likely N-dealkylation sites (N-methyl/N-ethyl adjacent to an activating group) is 1. The van der Waals surface area contributed by atoms with Gasteiger partial charge >= 0.3 is 0 Å². The largest absolute Gasteiger partial charge is 0.494 e. The molecule has 2 saturated heterocycles. The van der Waals surface area contributed by atoms with Crippen molar-refractivity contribution >= 4 is 40.5 Å². The van der Waals surface area contributed by atoms with Crippen LogP contribution in [0.25, 0.3) is 0 Å². The van der Waals surface area contributed by atoms with Crippen molar-refractivity contribution < 1.29 is 32.7 Å². The second-order valence-corrected chi connectivity index (χ2v) is 22.2. The van der Waals surface area contributed by atoms with Crippen molar-refractivity contribution in [3.05, 3.63) is 111 Å². The van der Waals surface area contributed by atoms with Crippen LogP contribution in [-0.2, 0) is 22.4 Å². The van der Waals surface area contributed by atoms with Crippen molar-refractivity contribution in [2.45, 2.75) is 127 Å². The standard InChI is InChI=1S/C55H68F2N10O5S/c1-34(58-3)50(69)62-46(35-16-8-6-9-17-35)53(71)66-24-15-22-44(66)52-61-43(33-73-52)49(68)37-20-14-21-40(26-37)72-25-13-5-4-12-23-65-30-38(31-65)48(36-18-10-7-11-19-36)67-32-39(29-59-67)60-51(70)47-41-27-45-54(2,55(45,56)57)28-42(41)63-64-47/h7,10-11,14,18-21,26,29,32-35,38,44-46,48,58H,4-6,8-9,12-13,15-17,22-25,27-28,30-31H2,1-3H3,(H,60,70)(H,62,69)(H,63,64)/t34?,44?,45-,46?,48+,54+/m0/s1. The molecule has 3 amide bonds. The van der Waals surface area contributed by atoms with Crippen molar-refractivity contribution in [3.63, 3.8) is 0 Å². The van der Waals surface area contributed by atoms with Crippen molar-refractivity contribution in [2.24, 2.45) is 23.2 Å². The Morgan fingerprint density at radius 3 is 2.55 bits per heavy atom. The number of H-pyrrole nitrogens is 1. The van der Waals surface area contributed by atoms with Gasteiger partial charge in [0.2, 0.25) is 17.6 Å². The van der Waals surface area contributed by atoms with Gasteiger partial charge in [-0.2, -0.15) is 10.2 Å². The molecule has 2 saturated carbocycles. The highest BCUT2D eigenvalue weighted by Gasteiger charge is 2.78. The van der Waals surface area contributed by atoms with E-state index >= 15 is 0 Å². The number of hydrogen-bond acceptors (Lipinski definition) is 11. The summed E-state index contributed by atoms with van der Waals surface area (Å²) in [5, 5.41) is 23.3. The summed E-state index contributed by atoms with van der Waals surface area (Å²) in [5.41, 5.74) is 2.82. The Balaban J connectivity index is 0.662. The zero-order valence-electron chi connectivity index (χ0n) is 42.1. The fourth-order valence-electron chi connectivity index (χ4n) is 11.9. The number of unbranched alkanes of at least 4 members (excludes halogenated alkanes) is 3. The second kappa shape index (κ2) is 21.5. The summed E-state index contributed by atoms with van der Waals surface area (Å²) >= 11 is 1.41. The summed E-state index contributed by atoms with van der Waals surface area (Å²) < 4.78 is 37.1. The van der Waals surface area contributed by atoms with E-state index in [2.05, 4.69) is 43.2 Å². The number of nitrogens with one attached hydrogen (secondary N) is 4. The SMILES string of the molecule is CNC(C)C(=O)NC(C(=O)N1CCCC1c1nc(C(=O)c2cccc(OCCCCCCN3CC([C@@H](c4ccccc4)n4cc(NC(=O)c5n[nH]c6c5C[C@@H]5C(F)(F)[C@]5(C)C6)cn4)C3)c2)cs1)C1CCCCC1. The van der Waals surface area contributed by atoms with E-state index in [1.54, 1.807) is 44.6 Å². The molecule has 5 aliphatic rings. The predicted molar refractivity (Wildman–Crippen MR) is 274 cm³/mol. The van der Waals surface area contributed by atoms with Gasteiger partial charge in [0.15, 0.2) is 5.69 Å². The van der Waals surface area contributed by atoms with E-state index in [9.17, 15) is 28.0 Å². The molecule has 0 radical (unpaired) electrons. The van der Waals surface area contributed by atoms with Gasteiger partial charge in [0.25, 0.3) is 11.8 Å². The first-order chi connectivity index (χ1) is 35.3. The number of carbonyl (C=O) groups is 4. The Bertz CT molecular complexity index is 2770. The van der Waals surface area contributed by atoms with Crippen molar-refractivity contribution in [2.75, 3.05) is 45.2 Å². The van der Waals surface area contributed by atoms with E-state index in [0.29, 0.717) is 53.0 Å². The summed E-state index contributed by atoms with van der Waals surface area (Å²) in [7, 11) is 1.74. The Labute approximate surface area is 429 Å². The van der Waals surface area contributed by atoms with Gasteiger partial charge in [-0.25, -0.2) is 13.8 Å². The zero-order valence-corrected chi connectivity index (χ0v) is 42.9. The number of nitrogens with zero attached hydrogens (tertiary/aromatic N) is 6. The molecule has 4 fully saturated rings. The molecule has 3 aliphatic carbocycles. The lowest BCUT2D eigenvalue weighted by Crippen LogP contribution is -2.55. The van der Waals surface area contributed by atoms with E-state index in [0.717, 1.165) is 101 Å². The normalized spacial score (nSPS) is 22.9. The average Bonchev–Trinajstić information content (AvgIpc) is 4.18. The number of amides is 3. The number of ketones is 1. The number of aromatic amines is 1. The highest BCUT2D eigenvalue weighted by atomic mass is 32.1. The molecule has 0 spiro atoms. The zero-order chi connectivity index (χ0) is 50.9. The third-order valence-corrected chi connectivity index (χ3v) is 17.5. The molecule has 10 rings (SSSR count). The van der Waals surface area contributed by atoms with Crippen LogP contribution in [0.2, 0.25) is 0 Å². The van der Waals surface area contributed by atoms with Crippen LogP contribution in [0.15, 0.2) is 72.4 Å². The smallest absolute Gasteiger partial charge is 0.276 e. The van der Waals surface area contributed by atoms with Crippen molar-refractivity contribution in [1.82, 2.24) is 45.4 Å².